The minimum Gasteiger partial charge on any atom is -0.394 e. The number of nitrogens with one attached hydrogen (secondary N) is 2. The zero-order chi connectivity index (χ0) is 16.8. The van der Waals surface area contributed by atoms with Gasteiger partial charge in [-0.2, -0.15) is 5.10 Å². The summed E-state index contributed by atoms with van der Waals surface area (Å²) >= 11 is 0. The van der Waals surface area contributed by atoms with E-state index in [0.717, 1.165) is 44.8 Å². The maximum atomic E-state index is 12.6. The fourth-order valence-electron chi connectivity index (χ4n) is 3.64. The Bertz CT molecular complexity index is 522. The summed E-state index contributed by atoms with van der Waals surface area (Å²) in [5.74, 6) is 0.137. The number of hydrogen-bond donors (Lipinski definition) is 3. The predicted molar refractivity (Wildman–Crippen MR) is 90.0 cm³/mol. The number of piperidine rings is 1. The van der Waals surface area contributed by atoms with Crippen molar-refractivity contribution in [3.63, 3.8) is 0 Å². The smallest absolute Gasteiger partial charge is 0.255 e. The summed E-state index contributed by atoms with van der Waals surface area (Å²) in [6, 6.07) is -0.243. The van der Waals surface area contributed by atoms with E-state index in [1.165, 1.54) is 19.3 Å². The number of rotatable bonds is 6. The first-order chi connectivity index (χ1) is 11.8. The molecule has 1 amide bonds. The predicted octanol–water partition coefficient (Wildman–Crippen LogP) is 0.880. The summed E-state index contributed by atoms with van der Waals surface area (Å²) in [7, 11) is 0. The van der Waals surface area contributed by atoms with Gasteiger partial charge in [-0.3, -0.25) is 9.89 Å². The number of aliphatic hydroxyl groups excluding tert-OH is 1. The molecular weight excluding hydrogens is 308 g/mol. The highest BCUT2D eigenvalue weighted by atomic mass is 16.5. The molecule has 2 fully saturated rings. The molecule has 134 valence electrons. The number of aromatic nitrogens is 2. The van der Waals surface area contributed by atoms with Gasteiger partial charge in [-0.05, 0) is 38.8 Å². The molecule has 0 aromatic carbocycles. The van der Waals surface area contributed by atoms with Crippen molar-refractivity contribution < 1.29 is 14.6 Å². The van der Waals surface area contributed by atoms with Crippen molar-refractivity contribution in [3.8, 4) is 0 Å². The Hall–Kier alpha value is -1.44. The van der Waals surface area contributed by atoms with Gasteiger partial charge in [0.1, 0.15) is 0 Å². The van der Waals surface area contributed by atoms with E-state index in [1.807, 2.05) is 0 Å². The van der Waals surface area contributed by atoms with E-state index in [0.29, 0.717) is 12.1 Å². The van der Waals surface area contributed by atoms with Gasteiger partial charge in [0.25, 0.3) is 5.91 Å². The molecule has 3 rings (SSSR count). The van der Waals surface area contributed by atoms with Gasteiger partial charge in [0.2, 0.25) is 0 Å². The van der Waals surface area contributed by atoms with Crippen LogP contribution in [0.2, 0.25) is 0 Å². The minimum absolute atomic E-state index is 0.0489. The highest BCUT2D eigenvalue weighted by Gasteiger charge is 2.25. The highest BCUT2D eigenvalue weighted by Crippen LogP contribution is 2.27. The molecule has 7 nitrogen and oxygen atoms in total. The number of carbonyl (C=O) groups is 1. The Morgan fingerprint density at radius 3 is 2.83 bits per heavy atom. The van der Waals surface area contributed by atoms with Crippen LogP contribution < -0.4 is 5.32 Å². The van der Waals surface area contributed by atoms with Crippen molar-refractivity contribution in [3.05, 3.63) is 17.5 Å². The van der Waals surface area contributed by atoms with E-state index in [-0.39, 0.29) is 24.5 Å². The van der Waals surface area contributed by atoms with Gasteiger partial charge >= 0.3 is 0 Å². The molecule has 2 aliphatic rings. The van der Waals surface area contributed by atoms with Crippen LogP contribution in [0.15, 0.2) is 6.20 Å². The normalized spacial score (nSPS) is 21.5. The van der Waals surface area contributed by atoms with Crippen molar-refractivity contribution in [2.24, 2.45) is 0 Å². The van der Waals surface area contributed by atoms with E-state index < -0.39 is 0 Å². The van der Waals surface area contributed by atoms with Crippen LogP contribution in [-0.4, -0.2) is 71.6 Å². The van der Waals surface area contributed by atoms with Crippen molar-refractivity contribution in [2.45, 2.75) is 44.1 Å². The summed E-state index contributed by atoms with van der Waals surface area (Å²) in [4.78, 5) is 15.0. The Morgan fingerprint density at radius 2 is 2.12 bits per heavy atom. The molecule has 0 saturated carbocycles. The Labute approximate surface area is 142 Å². The number of aliphatic hydroxyl groups is 1. The first-order valence-corrected chi connectivity index (χ1v) is 9.03. The molecular formula is C17H28N4O3. The fraction of sp³-hybridized carbons (Fsp3) is 0.765. The van der Waals surface area contributed by atoms with Crippen molar-refractivity contribution in [2.75, 3.05) is 39.5 Å². The topological polar surface area (TPSA) is 90.5 Å². The molecule has 1 aromatic rings. The lowest BCUT2D eigenvalue weighted by Gasteiger charge is -2.30. The third-order valence-electron chi connectivity index (χ3n) is 5.03. The van der Waals surface area contributed by atoms with Crippen molar-refractivity contribution in [1.29, 1.82) is 0 Å². The van der Waals surface area contributed by atoms with E-state index in [2.05, 4.69) is 20.4 Å². The molecule has 7 heteroatoms. The number of amides is 1. The van der Waals surface area contributed by atoms with Crippen LogP contribution in [0.1, 0.15) is 54.1 Å². The molecule has 0 radical (unpaired) electrons. The van der Waals surface area contributed by atoms with Crippen LogP contribution in [-0.2, 0) is 4.74 Å². The van der Waals surface area contributed by atoms with Crippen LogP contribution in [0.4, 0.5) is 0 Å². The average molecular weight is 336 g/mol. The van der Waals surface area contributed by atoms with Crippen LogP contribution in [0.5, 0.6) is 0 Å². The number of hydrogen-bond acceptors (Lipinski definition) is 5. The molecule has 2 saturated heterocycles. The molecule has 1 unspecified atom stereocenters. The van der Waals surface area contributed by atoms with Crippen molar-refractivity contribution in [1.82, 2.24) is 20.4 Å². The average Bonchev–Trinajstić information content (AvgIpc) is 3.12. The quantitative estimate of drug-likeness (QED) is 0.717. The maximum Gasteiger partial charge on any atom is 0.255 e. The molecule has 24 heavy (non-hydrogen) atoms. The molecule has 3 N–H and O–H groups in total. The molecule has 3 heterocycles. The Morgan fingerprint density at radius 1 is 1.38 bits per heavy atom. The van der Waals surface area contributed by atoms with Gasteiger partial charge in [-0.1, -0.05) is 6.42 Å². The van der Waals surface area contributed by atoms with Gasteiger partial charge in [0.05, 0.1) is 30.1 Å². The first-order valence-electron chi connectivity index (χ1n) is 9.03. The van der Waals surface area contributed by atoms with Crippen LogP contribution >= 0.6 is 0 Å². The van der Waals surface area contributed by atoms with Crippen LogP contribution in [0.3, 0.4) is 0 Å². The van der Waals surface area contributed by atoms with Gasteiger partial charge < -0.3 is 20.1 Å². The lowest BCUT2D eigenvalue weighted by atomic mass is 9.93. The number of nitrogens with zero attached hydrogens (tertiary/aromatic N) is 2. The van der Waals surface area contributed by atoms with E-state index >= 15 is 0 Å². The lowest BCUT2D eigenvalue weighted by molar-refractivity contribution is 0.0823. The second-order valence-corrected chi connectivity index (χ2v) is 6.80. The van der Waals surface area contributed by atoms with Gasteiger partial charge in [0.15, 0.2) is 0 Å². The summed E-state index contributed by atoms with van der Waals surface area (Å²) in [5, 5.41) is 19.7. The molecule has 0 spiro atoms. The number of aromatic amines is 1. The second-order valence-electron chi connectivity index (χ2n) is 6.80. The first kappa shape index (κ1) is 17.4. The summed E-state index contributed by atoms with van der Waals surface area (Å²) in [5.41, 5.74) is 1.49. The minimum atomic E-state index is -0.243. The molecule has 1 atom stereocenters. The molecule has 1 aromatic heterocycles. The van der Waals surface area contributed by atoms with E-state index in [4.69, 9.17) is 4.74 Å². The second kappa shape index (κ2) is 8.60. The van der Waals surface area contributed by atoms with Gasteiger partial charge in [-0.25, -0.2) is 0 Å². The molecule has 2 aliphatic heterocycles. The molecule has 0 bridgehead atoms. The standard InChI is InChI=1S/C17H28N4O3/c22-12-14(11-21-6-2-1-3-7-21)19-17(23)15-10-18-20-16(15)13-4-8-24-9-5-13/h10,13-14,22H,1-9,11-12H2,(H,18,20)(H,19,23). The molecule has 0 aliphatic carbocycles. The number of ether oxygens (including phenoxy) is 1. The third-order valence-corrected chi connectivity index (χ3v) is 5.03. The van der Waals surface area contributed by atoms with Crippen LogP contribution in [0, 0.1) is 0 Å². The summed E-state index contributed by atoms with van der Waals surface area (Å²) in [6.07, 6.45) is 7.06. The van der Waals surface area contributed by atoms with Gasteiger partial charge in [0, 0.05) is 25.7 Å². The Balaban J connectivity index is 1.60. The Kier molecular flexibility index (Phi) is 6.23. The largest absolute Gasteiger partial charge is 0.394 e. The number of H-pyrrole nitrogens is 1. The monoisotopic (exact) mass is 336 g/mol. The third kappa shape index (κ3) is 4.34. The van der Waals surface area contributed by atoms with Crippen LogP contribution in [0.25, 0.3) is 0 Å². The van der Waals surface area contributed by atoms with Crippen molar-refractivity contribution >= 4 is 5.91 Å². The van der Waals surface area contributed by atoms with E-state index in [1.54, 1.807) is 6.20 Å². The number of likely N-dealkylation sites (tertiary alicyclic amines) is 1. The lowest BCUT2D eigenvalue weighted by Crippen LogP contribution is -2.47. The summed E-state index contributed by atoms with van der Waals surface area (Å²) < 4.78 is 5.39. The zero-order valence-electron chi connectivity index (χ0n) is 14.2. The summed E-state index contributed by atoms with van der Waals surface area (Å²) in [6.45, 7) is 4.19. The number of carbonyl (C=O) groups excluding carboxylic acids is 1. The highest BCUT2D eigenvalue weighted by molar-refractivity contribution is 5.95. The SMILES string of the molecule is O=C(NC(CO)CN1CCCCC1)c1cn[nH]c1C1CCOCC1. The zero-order valence-corrected chi connectivity index (χ0v) is 14.2. The maximum absolute atomic E-state index is 12.6. The fourth-order valence-corrected chi connectivity index (χ4v) is 3.64. The van der Waals surface area contributed by atoms with Gasteiger partial charge in [-0.15, -0.1) is 0 Å². The van der Waals surface area contributed by atoms with E-state index in [9.17, 15) is 9.90 Å².